The van der Waals surface area contributed by atoms with Crippen LogP contribution in [0.4, 0.5) is 10.1 Å². The van der Waals surface area contributed by atoms with Crippen molar-refractivity contribution in [3.05, 3.63) is 77.4 Å². The van der Waals surface area contributed by atoms with Gasteiger partial charge in [0.1, 0.15) is 34.6 Å². The van der Waals surface area contributed by atoms with Gasteiger partial charge in [-0.3, -0.25) is 14.5 Å². The Morgan fingerprint density at radius 2 is 1.91 bits per heavy atom. The molecule has 0 unspecified atom stereocenters. The van der Waals surface area contributed by atoms with E-state index in [-0.39, 0.29) is 35.1 Å². The summed E-state index contributed by atoms with van der Waals surface area (Å²) in [5.41, 5.74) is 1.79. The number of hydrogen-bond donors (Lipinski definition) is 1. The van der Waals surface area contributed by atoms with E-state index in [2.05, 4.69) is 9.71 Å². The number of Topliss-reactive ketones (excluding diaryl/α,β-unsaturated/α-hetero) is 1. The lowest BCUT2D eigenvalue weighted by atomic mass is 9.64. The van der Waals surface area contributed by atoms with Crippen molar-refractivity contribution in [1.82, 2.24) is 4.98 Å². The zero-order valence-corrected chi connectivity index (χ0v) is 19.3. The van der Waals surface area contributed by atoms with Crippen LogP contribution in [-0.2, 0) is 33.3 Å². The van der Waals surface area contributed by atoms with E-state index in [1.807, 2.05) is 0 Å². The number of nitrogens with zero attached hydrogens (tertiary/aromatic N) is 1. The zero-order valence-electron chi connectivity index (χ0n) is 18.5. The van der Waals surface area contributed by atoms with Crippen LogP contribution < -0.4 is 14.2 Å². The summed E-state index contributed by atoms with van der Waals surface area (Å²) in [6.45, 7) is 0.0289. The third kappa shape index (κ3) is 3.79. The Hall–Kier alpha value is -3.46. The predicted octanol–water partition coefficient (Wildman–Crippen LogP) is 4.16. The Labute approximate surface area is 197 Å². The molecule has 0 aliphatic heterocycles. The van der Waals surface area contributed by atoms with Crippen molar-refractivity contribution in [2.24, 2.45) is 0 Å². The first-order valence-electron chi connectivity index (χ1n) is 10.9. The highest BCUT2D eigenvalue weighted by atomic mass is 32.2. The van der Waals surface area contributed by atoms with Gasteiger partial charge in [-0.25, -0.2) is 12.8 Å². The molecule has 1 saturated carbocycles. The Morgan fingerprint density at radius 1 is 1.12 bits per heavy atom. The molecule has 0 saturated heterocycles. The molecule has 2 aromatic carbocycles. The molecule has 0 bridgehead atoms. The summed E-state index contributed by atoms with van der Waals surface area (Å²) in [4.78, 5) is 16.8. The number of sulfonamides is 1. The lowest BCUT2D eigenvalue weighted by Crippen LogP contribution is -2.39. The van der Waals surface area contributed by atoms with E-state index in [9.17, 15) is 17.6 Å². The molecule has 1 spiro atoms. The summed E-state index contributed by atoms with van der Waals surface area (Å²) in [6.07, 6.45) is 5.23. The van der Waals surface area contributed by atoms with Crippen LogP contribution in [0.5, 0.6) is 11.5 Å². The van der Waals surface area contributed by atoms with Gasteiger partial charge in [-0.15, -0.1) is 0 Å². The van der Waals surface area contributed by atoms with E-state index in [0.717, 1.165) is 36.6 Å². The molecule has 2 aliphatic carbocycles. The number of para-hydroxylation sites is 1. The highest BCUT2D eigenvalue weighted by Crippen LogP contribution is 2.53. The molecule has 176 valence electrons. The first-order valence-corrected chi connectivity index (χ1v) is 12.4. The van der Waals surface area contributed by atoms with Crippen LogP contribution in [0.1, 0.15) is 36.0 Å². The zero-order chi connectivity index (χ0) is 23.9. The van der Waals surface area contributed by atoms with Crippen molar-refractivity contribution >= 4 is 21.5 Å². The van der Waals surface area contributed by atoms with Crippen LogP contribution in [0.25, 0.3) is 0 Å². The normalized spacial score (nSPS) is 16.1. The van der Waals surface area contributed by atoms with Crippen LogP contribution >= 0.6 is 0 Å². The number of rotatable bonds is 7. The second-order valence-corrected chi connectivity index (χ2v) is 10.2. The molecule has 1 heterocycles. The van der Waals surface area contributed by atoms with Crippen molar-refractivity contribution in [3.63, 3.8) is 0 Å². The van der Waals surface area contributed by atoms with Crippen molar-refractivity contribution in [2.45, 2.75) is 42.6 Å². The number of ketones is 1. The van der Waals surface area contributed by atoms with E-state index in [0.29, 0.717) is 11.3 Å². The topological polar surface area (TPSA) is 94.6 Å². The van der Waals surface area contributed by atoms with Gasteiger partial charge >= 0.3 is 0 Å². The molecular formula is C25H23FN2O5S. The number of carbonyl (C=O) groups is 1. The van der Waals surface area contributed by atoms with Gasteiger partial charge in [0.2, 0.25) is 0 Å². The number of pyridine rings is 1. The number of benzene rings is 2. The molecule has 1 aromatic heterocycles. The second kappa shape index (κ2) is 8.39. The number of carbonyl (C=O) groups excluding carboxylic acids is 1. The van der Waals surface area contributed by atoms with Crippen LogP contribution in [0.3, 0.4) is 0 Å². The lowest BCUT2D eigenvalue weighted by molar-refractivity contribution is -0.125. The number of halogens is 1. The average Bonchev–Trinajstić information content (AvgIpc) is 3.09. The largest absolute Gasteiger partial charge is 0.495 e. The monoisotopic (exact) mass is 482 g/mol. The van der Waals surface area contributed by atoms with Gasteiger partial charge in [0.15, 0.2) is 0 Å². The quantitative estimate of drug-likeness (QED) is 0.544. The average molecular weight is 483 g/mol. The Morgan fingerprint density at radius 3 is 2.62 bits per heavy atom. The molecule has 3 aromatic rings. The van der Waals surface area contributed by atoms with E-state index >= 15 is 0 Å². The Balaban J connectivity index is 1.53. The van der Waals surface area contributed by atoms with Crippen LogP contribution in [0.15, 0.2) is 59.8 Å². The summed E-state index contributed by atoms with van der Waals surface area (Å²) in [5, 5.41) is 0. The van der Waals surface area contributed by atoms with E-state index in [1.54, 1.807) is 30.3 Å². The summed E-state index contributed by atoms with van der Waals surface area (Å²) in [7, 11) is -2.57. The molecule has 1 N–H and O–H groups in total. The molecular weight excluding hydrogens is 459 g/mol. The molecule has 0 atom stereocenters. The highest BCUT2D eigenvalue weighted by molar-refractivity contribution is 7.92. The summed E-state index contributed by atoms with van der Waals surface area (Å²) < 4.78 is 53.7. The fourth-order valence-corrected chi connectivity index (χ4v) is 5.96. The van der Waals surface area contributed by atoms with E-state index in [1.165, 1.54) is 25.4 Å². The number of ether oxygens (including phenoxy) is 2. The van der Waals surface area contributed by atoms with Crippen molar-refractivity contribution < 1.29 is 27.1 Å². The van der Waals surface area contributed by atoms with Crippen molar-refractivity contribution in [1.29, 1.82) is 0 Å². The smallest absolute Gasteiger partial charge is 0.265 e. The number of aromatic nitrogens is 1. The van der Waals surface area contributed by atoms with E-state index in [4.69, 9.17) is 9.47 Å². The third-order valence-electron chi connectivity index (χ3n) is 6.57. The summed E-state index contributed by atoms with van der Waals surface area (Å²) in [5.74, 6) is 0.262. The van der Waals surface area contributed by atoms with Gasteiger partial charge in [0.05, 0.1) is 24.4 Å². The number of hydrogen-bond acceptors (Lipinski definition) is 6. The molecule has 9 heteroatoms. The second-order valence-electron chi connectivity index (χ2n) is 8.59. The first-order chi connectivity index (χ1) is 16.3. The summed E-state index contributed by atoms with van der Waals surface area (Å²) in [6, 6.07) is 11.0. The highest BCUT2D eigenvalue weighted by Gasteiger charge is 2.51. The molecule has 0 radical (unpaired) electrons. The van der Waals surface area contributed by atoms with Crippen molar-refractivity contribution in [2.75, 3.05) is 11.8 Å². The van der Waals surface area contributed by atoms with Gasteiger partial charge in [0, 0.05) is 29.8 Å². The van der Waals surface area contributed by atoms with Crippen LogP contribution in [-0.4, -0.2) is 26.3 Å². The van der Waals surface area contributed by atoms with Gasteiger partial charge < -0.3 is 9.47 Å². The fraction of sp³-hybridized carbons (Fsp3) is 0.280. The SMILES string of the molecule is COc1ccccc1S(=O)(=O)Nc1cc(OCc2cncc(F)c2)c2c(c1)C1(CCC1)C(=O)C2. The lowest BCUT2D eigenvalue weighted by Gasteiger charge is -2.37. The molecule has 1 fully saturated rings. The molecule has 5 rings (SSSR count). The molecule has 0 amide bonds. The minimum absolute atomic E-state index is 0.000681. The first kappa shape index (κ1) is 22.3. The maximum atomic E-state index is 13.5. The van der Waals surface area contributed by atoms with Gasteiger partial charge in [-0.1, -0.05) is 18.6 Å². The number of anilines is 1. The molecule has 7 nitrogen and oxygen atoms in total. The van der Waals surface area contributed by atoms with Crippen molar-refractivity contribution in [3.8, 4) is 11.5 Å². The minimum Gasteiger partial charge on any atom is -0.495 e. The Kier molecular flexibility index (Phi) is 5.51. The Bertz CT molecular complexity index is 1390. The maximum Gasteiger partial charge on any atom is 0.265 e. The number of nitrogens with one attached hydrogen (secondary N) is 1. The fourth-order valence-electron chi connectivity index (χ4n) is 4.75. The van der Waals surface area contributed by atoms with E-state index < -0.39 is 21.3 Å². The maximum absolute atomic E-state index is 13.5. The van der Waals surface area contributed by atoms with Crippen LogP contribution in [0.2, 0.25) is 0 Å². The van der Waals surface area contributed by atoms with Gasteiger partial charge in [-0.05, 0) is 42.7 Å². The van der Waals surface area contributed by atoms with Gasteiger partial charge in [0.25, 0.3) is 10.0 Å². The van der Waals surface area contributed by atoms with Crippen LogP contribution in [0, 0.1) is 5.82 Å². The third-order valence-corrected chi connectivity index (χ3v) is 7.99. The number of fused-ring (bicyclic) bond motifs is 2. The standard InChI is InChI=1S/C25H23FN2O5S/c1-32-21-5-2-3-6-23(21)34(30,31)28-18-10-20-19(12-24(29)25(20)7-4-8-25)22(11-18)33-15-16-9-17(26)14-27-13-16/h2-3,5-6,9-11,13-14,28H,4,7-8,12,15H2,1H3. The summed E-state index contributed by atoms with van der Waals surface area (Å²) >= 11 is 0. The number of methoxy groups -OCH3 is 1. The molecule has 34 heavy (non-hydrogen) atoms. The minimum atomic E-state index is -3.98. The van der Waals surface area contributed by atoms with Gasteiger partial charge in [-0.2, -0.15) is 0 Å². The predicted molar refractivity (Wildman–Crippen MR) is 123 cm³/mol. The molecule has 2 aliphatic rings.